The van der Waals surface area contributed by atoms with E-state index in [0.29, 0.717) is 10.6 Å². The van der Waals surface area contributed by atoms with E-state index in [9.17, 15) is 14.4 Å². The van der Waals surface area contributed by atoms with Crippen molar-refractivity contribution < 1.29 is 14.4 Å². The van der Waals surface area contributed by atoms with E-state index in [-0.39, 0.29) is 24.3 Å². The minimum atomic E-state index is -0.756. The number of hydrogen-bond acceptors (Lipinski definition) is 4. The number of amides is 3. The van der Waals surface area contributed by atoms with Crippen LogP contribution < -0.4 is 0 Å². The molecule has 2 saturated heterocycles. The second-order valence-electron chi connectivity index (χ2n) is 8.17. The third kappa shape index (κ3) is 3.50. The Labute approximate surface area is 200 Å². The van der Waals surface area contributed by atoms with Gasteiger partial charge in [-0.2, -0.15) is 0 Å². The molecule has 166 valence electrons. The lowest BCUT2D eigenvalue weighted by Gasteiger charge is -2.27. The Bertz CT molecular complexity index is 1210. The van der Waals surface area contributed by atoms with E-state index in [0.717, 1.165) is 10.4 Å². The van der Waals surface area contributed by atoms with Crippen molar-refractivity contribution in [3.63, 3.8) is 0 Å². The van der Waals surface area contributed by atoms with Crippen molar-refractivity contribution in [2.75, 3.05) is 6.54 Å². The number of nitrogens with zero attached hydrogens (tertiary/aromatic N) is 2. The molecule has 5 nitrogen and oxygen atoms in total. The Morgan fingerprint density at radius 1 is 1.00 bits per heavy atom. The van der Waals surface area contributed by atoms with E-state index in [4.69, 9.17) is 11.6 Å². The van der Waals surface area contributed by atoms with Gasteiger partial charge in [0.15, 0.2) is 5.78 Å². The number of rotatable bonds is 6. The molecule has 4 unspecified atom stereocenters. The lowest BCUT2D eigenvalue weighted by atomic mass is 9.77. The Kier molecular flexibility index (Phi) is 5.64. The van der Waals surface area contributed by atoms with E-state index >= 15 is 0 Å². The van der Waals surface area contributed by atoms with Crippen molar-refractivity contribution >= 4 is 40.7 Å². The quantitative estimate of drug-likeness (QED) is 0.266. The first-order valence-corrected chi connectivity index (χ1v) is 11.9. The molecule has 0 aliphatic carbocycles. The lowest BCUT2D eigenvalue weighted by Crippen LogP contribution is -2.38. The number of hydrogen-bond donors (Lipinski definition) is 0. The van der Waals surface area contributed by atoms with Gasteiger partial charge in [-0.15, -0.1) is 17.9 Å². The van der Waals surface area contributed by atoms with Crippen LogP contribution in [0.1, 0.15) is 32.8 Å². The molecule has 3 aromatic rings. The predicted molar refractivity (Wildman–Crippen MR) is 128 cm³/mol. The first kappa shape index (κ1) is 21.6. The highest BCUT2D eigenvalue weighted by molar-refractivity contribution is 7.10. The summed E-state index contributed by atoms with van der Waals surface area (Å²) in [5.74, 6) is -1.49. The fourth-order valence-corrected chi connectivity index (χ4v) is 6.06. The van der Waals surface area contributed by atoms with Crippen LogP contribution in [-0.2, 0) is 4.79 Å². The molecule has 4 atom stereocenters. The molecular formula is C26H21ClN2O3S. The zero-order valence-corrected chi connectivity index (χ0v) is 19.2. The first-order valence-electron chi connectivity index (χ1n) is 10.7. The van der Waals surface area contributed by atoms with E-state index in [1.54, 1.807) is 35.2 Å². The number of carbonyl (C=O) groups is 3. The van der Waals surface area contributed by atoms with Crippen LogP contribution >= 0.6 is 22.9 Å². The van der Waals surface area contributed by atoms with E-state index in [1.807, 2.05) is 47.8 Å². The summed E-state index contributed by atoms with van der Waals surface area (Å²) >= 11 is 7.54. The molecule has 2 aliphatic rings. The van der Waals surface area contributed by atoms with Gasteiger partial charge < -0.3 is 4.90 Å². The summed E-state index contributed by atoms with van der Waals surface area (Å²) in [5, 5.41) is 2.46. The van der Waals surface area contributed by atoms with Gasteiger partial charge in [0.2, 0.25) is 0 Å². The van der Waals surface area contributed by atoms with Crippen LogP contribution in [-0.4, -0.2) is 40.1 Å². The molecule has 0 radical (unpaired) electrons. The average Bonchev–Trinajstić information content (AvgIpc) is 3.53. The van der Waals surface area contributed by atoms with Gasteiger partial charge in [0.25, 0.3) is 5.91 Å². The normalized spacial score (nSPS) is 24.3. The van der Waals surface area contributed by atoms with Crippen molar-refractivity contribution in [1.82, 2.24) is 9.80 Å². The summed E-state index contributed by atoms with van der Waals surface area (Å²) < 4.78 is 0. The second-order valence-corrected chi connectivity index (χ2v) is 9.58. The van der Waals surface area contributed by atoms with E-state index < -0.39 is 23.9 Å². The fourth-order valence-electron chi connectivity index (χ4n) is 5.06. The molecular weight excluding hydrogens is 456 g/mol. The Balaban J connectivity index is 1.70. The number of ketones is 1. The number of imide groups is 1. The Morgan fingerprint density at radius 3 is 2.36 bits per heavy atom. The summed E-state index contributed by atoms with van der Waals surface area (Å²) in [6, 6.07) is 18.5. The summed E-state index contributed by atoms with van der Waals surface area (Å²) in [7, 11) is 0. The highest BCUT2D eigenvalue weighted by Crippen LogP contribution is 2.54. The zero-order chi connectivity index (χ0) is 23.1. The van der Waals surface area contributed by atoms with Crippen molar-refractivity contribution in [3.05, 3.63) is 106 Å². The van der Waals surface area contributed by atoms with Gasteiger partial charge >= 0.3 is 6.03 Å². The number of Topliss-reactive ketones (excluding diaryl/α,β-unsaturated/α-hetero) is 1. The Hall–Kier alpha value is -3.22. The molecule has 2 aliphatic heterocycles. The molecule has 1 aromatic heterocycles. The summed E-state index contributed by atoms with van der Waals surface area (Å²) in [4.78, 5) is 44.7. The van der Waals surface area contributed by atoms with Gasteiger partial charge in [-0.3, -0.25) is 14.5 Å². The van der Waals surface area contributed by atoms with Gasteiger partial charge in [-0.1, -0.05) is 54.1 Å². The van der Waals surface area contributed by atoms with Gasteiger partial charge in [0.05, 0.1) is 12.0 Å². The number of halogens is 1. The summed E-state index contributed by atoms with van der Waals surface area (Å²) in [6.45, 7) is 3.83. The molecule has 2 aromatic carbocycles. The molecule has 3 heterocycles. The maximum Gasteiger partial charge on any atom is 0.328 e. The molecule has 3 amide bonds. The topological polar surface area (TPSA) is 57.7 Å². The minimum Gasteiger partial charge on any atom is -0.303 e. The zero-order valence-electron chi connectivity index (χ0n) is 17.6. The third-order valence-electron chi connectivity index (χ3n) is 6.40. The average molecular weight is 477 g/mol. The predicted octanol–water partition coefficient (Wildman–Crippen LogP) is 5.56. The van der Waals surface area contributed by atoms with Crippen molar-refractivity contribution in [3.8, 4) is 0 Å². The first-order chi connectivity index (χ1) is 16.0. The van der Waals surface area contributed by atoms with Crippen LogP contribution in [0, 0.1) is 5.92 Å². The smallest absolute Gasteiger partial charge is 0.303 e. The summed E-state index contributed by atoms with van der Waals surface area (Å²) in [5.41, 5.74) is 1.37. The molecule has 33 heavy (non-hydrogen) atoms. The minimum absolute atomic E-state index is 0.107. The van der Waals surface area contributed by atoms with Gasteiger partial charge in [-0.05, 0) is 41.3 Å². The SMILES string of the molecule is C=CCN1C(=O)C2C(c3ccccc3)C(C(=O)c3ccc(Cl)cc3)C(c3cccs3)N2C1=O. The van der Waals surface area contributed by atoms with Crippen molar-refractivity contribution in [2.45, 2.75) is 18.0 Å². The number of thiophene rings is 1. The molecule has 0 bridgehead atoms. The molecule has 0 spiro atoms. The molecule has 0 saturated carbocycles. The molecule has 2 fully saturated rings. The van der Waals surface area contributed by atoms with Crippen LogP contribution in [0.25, 0.3) is 0 Å². The van der Waals surface area contributed by atoms with Crippen LogP contribution in [0.3, 0.4) is 0 Å². The van der Waals surface area contributed by atoms with Crippen molar-refractivity contribution in [2.24, 2.45) is 5.92 Å². The number of carbonyl (C=O) groups excluding carboxylic acids is 3. The van der Waals surface area contributed by atoms with Crippen LogP contribution in [0.5, 0.6) is 0 Å². The van der Waals surface area contributed by atoms with Crippen molar-refractivity contribution in [1.29, 1.82) is 0 Å². The number of urea groups is 1. The maximum absolute atomic E-state index is 14.0. The van der Waals surface area contributed by atoms with Crippen LogP contribution in [0.15, 0.2) is 84.8 Å². The second kappa shape index (κ2) is 8.61. The lowest BCUT2D eigenvalue weighted by molar-refractivity contribution is -0.128. The monoisotopic (exact) mass is 476 g/mol. The standard InChI is InChI=1S/C26H21ClN2O3S/c1-2-14-28-25(31)23-20(16-7-4-3-5-8-16)21(24(30)17-10-12-18(27)13-11-17)22(29(23)26(28)32)19-9-6-15-33-19/h2-13,15,20-23H,1,14H2. The number of benzene rings is 2. The molecule has 7 heteroatoms. The largest absolute Gasteiger partial charge is 0.328 e. The van der Waals surface area contributed by atoms with Gasteiger partial charge in [-0.25, -0.2) is 4.79 Å². The maximum atomic E-state index is 14.0. The highest BCUT2D eigenvalue weighted by Gasteiger charge is 2.63. The summed E-state index contributed by atoms with van der Waals surface area (Å²) in [6.07, 6.45) is 1.55. The highest BCUT2D eigenvalue weighted by atomic mass is 35.5. The van der Waals surface area contributed by atoms with Gasteiger partial charge in [0.1, 0.15) is 6.04 Å². The number of fused-ring (bicyclic) bond motifs is 1. The molecule has 5 rings (SSSR count). The van der Waals surface area contributed by atoms with E-state index in [1.165, 1.54) is 16.2 Å². The molecule has 0 N–H and O–H groups in total. The van der Waals surface area contributed by atoms with Crippen LogP contribution in [0.4, 0.5) is 4.79 Å². The third-order valence-corrected chi connectivity index (χ3v) is 7.59. The van der Waals surface area contributed by atoms with Crippen LogP contribution in [0.2, 0.25) is 5.02 Å². The Morgan fingerprint density at radius 2 is 1.73 bits per heavy atom. The fraction of sp³-hybridized carbons (Fsp3) is 0.192. The van der Waals surface area contributed by atoms with Gasteiger partial charge in [0, 0.05) is 27.9 Å². The van der Waals surface area contributed by atoms with E-state index in [2.05, 4.69) is 6.58 Å².